The fraction of sp³-hybridized carbons (Fsp3) is 0.294. The van der Waals surface area contributed by atoms with E-state index in [-0.39, 0.29) is 6.04 Å². The van der Waals surface area contributed by atoms with Crippen molar-refractivity contribution in [3.63, 3.8) is 0 Å². The number of nitrogens with zero attached hydrogens (tertiary/aromatic N) is 1. The van der Waals surface area contributed by atoms with Crippen LogP contribution < -0.4 is 10.6 Å². The lowest BCUT2D eigenvalue weighted by molar-refractivity contribution is 0.736. The predicted molar refractivity (Wildman–Crippen MR) is 87.9 cm³/mol. The molecule has 0 saturated heterocycles. The first kappa shape index (κ1) is 14.9. The Balaban J connectivity index is 2.44. The minimum Gasteiger partial charge on any atom is -0.342 e. The number of halogens is 1. The quantitative estimate of drug-likeness (QED) is 0.884. The van der Waals surface area contributed by atoms with Crippen molar-refractivity contribution in [2.24, 2.45) is 5.73 Å². The summed E-state index contributed by atoms with van der Waals surface area (Å²) >= 11 is 6.13. The topological polar surface area (TPSA) is 29.3 Å². The van der Waals surface area contributed by atoms with Gasteiger partial charge in [0.1, 0.15) is 0 Å². The highest BCUT2D eigenvalue weighted by atomic mass is 35.5. The molecule has 2 aromatic rings. The van der Waals surface area contributed by atoms with Crippen LogP contribution in [0.25, 0.3) is 0 Å². The molecule has 2 rings (SSSR count). The number of nitrogens with two attached hydrogens (primary N) is 1. The van der Waals surface area contributed by atoms with Gasteiger partial charge in [0.2, 0.25) is 0 Å². The minimum absolute atomic E-state index is 0.113. The van der Waals surface area contributed by atoms with E-state index >= 15 is 0 Å². The van der Waals surface area contributed by atoms with Crippen LogP contribution in [0.1, 0.15) is 19.4 Å². The first-order valence-electron chi connectivity index (χ1n) is 6.98. The summed E-state index contributed by atoms with van der Waals surface area (Å²) in [5.74, 6) is 0. The van der Waals surface area contributed by atoms with Crippen LogP contribution in [0, 0.1) is 0 Å². The molecule has 1 atom stereocenters. The Morgan fingerprint density at radius 2 is 1.85 bits per heavy atom. The largest absolute Gasteiger partial charge is 0.342 e. The van der Waals surface area contributed by atoms with Crippen molar-refractivity contribution in [2.45, 2.75) is 26.3 Å². The first-order chi connectivity index (χ1) is 9.61. The van der Waals surface area contributed by atoms with Crippen LogP contribution in [0.5, 0.6) is 0 Å². The Morgan fingerprint density at radius 1 is 1.15 bits per heavy atom. The van der Waals surface area contributed by atoms with E-state index in [4.69, 9.17) is 17.3 Å². The second-order valence-electron chi connectivity index (χ2n) is 5.03. The lowest BCUT2D eigenvalue weighted by Gasteiger charge is -2.26. The molecule has 0 saturated carbocycles. The van der Waals surface area contributed by atoms with Crippen molar-refractivity contribution >= 4 is 23.0 Å². The van der Waals surface area contributed by atoms with Gasteiger partial charge in [0, 0.05) is 29.0 Å². The van der Waals surface area contributed by atoms with E-state index in [0.29, 0.717) is 0 Å². The zero-order valence-corrected chi connectivity index (χ0v) is 12.8. The van der Waals surface area contributed by atoms with Crippen LogP contribution in [-0.2, 0) is 6.42 Å². The number of rotatable bonds is 5. The zero-order chi connectivity index (χ0) is 14.5. The number of hydrogen-bond acceptors (Lipinski definition) is 2. The molecule has 106 valence electrons. The average Bonchev–Trinajstić information content (AvgIpc) is 2.42. The van der Waals surface area contributed by atoms with E-state index in [1.54, 1.807) is 0 Å². The molecule has 0 heterocycles. The molecule has 0 bridgehead atoms. The number of hydrogen-bond donors (Lipinski definition) is 1. The van der Waals surface area contributed by atoms with Gasteiger partial charge in [-0.2, -0.15) is 0 Å². The summed E-state index contributed by atoms with van der Waals surface area (Å²) in [7, 11) is 0. The van der Waals surface area contributed by atoms with Crippen molar-refractivity contribution in [1.29, 1.82) is 0 Å². The van der Waals surface area contributed by atoms with E-state index in [2.05, 4.69) is 42.2 Å². The third-order valence-electron chi connectivity index (χ3n) is 3.26. The SMILES string of the molecule is CCN(c1ccccc1)c1ccc(Cl)cc1CC(C)N. The monoisotopic (exact) mass is 288 g/mol. The summed E-state index contributed by atoms with van der Waals surface area (Å²) in [6, 6.07) is 16.5. The minimum atomic E-state index is 0.113. The standard InChI is InChI=1S/C17H21ClN2/c1-3-20(16-7-5-4-6-8-16)17-10-9-15(18)12-14(17)11-13(2)19/h4-10,12-13H,3,11,19H2,1-2H3. The molecule has 0 aliphatic rings. The molecular formula is C17H21ClN2. The maximum atomic E-state index is 6.13. The second kappa shape index (κ2) is 6.78. The zero-order valence-electron chi connectivity index (χ0n) is 12.0. The van der Waals surface area contributed by atoms with E-state index < -0.39 is 0 Å². The van der Waals surface area contributed by atoms with Gasteiger partial charge in [-0.05, 0) is 56.2 Å². The maximum absolute atomic E-state index is 6.13. The Bertz CT molecular complexity index is 552. The molecule has 0 amide bonds. The van der Waals surface area contributed by atoms with Gasteiger partial charge < -0.3 is 10.6 Å². The molecule has 0 spiro atoms. The van der Waals surface area contributed by atoms with Gasteiger partial charge in [0.05, 0.1) is 0 Å². The molecule has 20 heavy (non-hydrogen) atoms. The highest BCUT2D eigenvalue weighted by molar-refractivity contribution is 6.30. The first-order valence-corrected chi connectivity index (χ1v) is 7.36. The summed E-state index contributed by atoms with van der Waals surface area (Å²) < 4.78 is 0. The fourth-order valence-corrected chi connectivity index (χ4v) is 2.62. The van der Waals surface area contributed by atoms with E-state index in [1.165, 1.54) is 16.9 Å². The van der Waals surface area contributed by atoms with E-state index in [1.807, 2.05) is 25.1 Å². The van der Waals surface area contributed by atoms with Crippen LogP contribution in [-0.4, -0.2) is 12.6 Å². The smallest absolute Gasteiger partial charge is 0.0444 e. The molecule has 2 nitrogen and oxygen atoms in total. The van der Waals surface area contributed by atoms with Gasteiger partial charge >= 0.3 is 0 Å². The highest BCUT2D eigenvalue weighted by Crippen LogP contribution is 2.31. The summed E-state index contributed by atoms with van der Waals surface area (Å²) in [6.45, 7) is 5.07. The summed E-state index contributed by atoms with van der Waals surface area (Å²) in [4.78, 5) is 2.29. The predicted octanol–water partition coefficient (Wildman–Crippen LogP) is 4.39. The maximum Gasteiger partial charge on any atom is 0.0444 e. The van der Waals surface area contributed by atoms with Crippen molar-refractivity contribution in [3.05, 3.63) is 59.1 Å². The summed E-state index contributed by atoms with van der Waals surface area (Å²) in [5, 5.41) is 0.758. The Morgan fingerprint density at radius 3 is 2.45 bits per heavy atom. The van der Waals surface area contributed by atoms with Crippen LogP contribution in [0.4, 0.5) is 11.4 Å². The number of para-hydroxylation sites is 1. The molecule has 0 radical (unpaired) electrons. The molecule has 0 fully saturated rings. The Hall–Kier alpha value is -1.51. The lowest BCUT2D eigenvalue weighted by Crippen LogP contribution is -2.22. The van der Waals surface area contributed by atoms with Crippen LogP contribution >= 0.6 is 11.6 Å². The van der Waals surface area contributed by atoms with Crippen LogP contribution in [0.15, 0.2) is 48.5 Å². The van der Waals surface area contributed by atoms with E-state index in [0.717, 1.165) is 18.0 Å². The molecule has 2 N–H and O–H groups in total. The van der Waals surface area contributed by atoms with Gasteiger partial charge in [0.15, 0.2) is 0 Å². The molecule has 0 aliphatic heterocycles. The van der Waals surface area contributed by atoms with E-state index in [9.17, 15) is 0 Å². The van der Waals surface area contributed by atoms with Gasteiger partial charge in [-0.15, -0.1) is 0 Å². The molecule has 3 heteroatoms. The van der Waals surface area contributed by atoms with Gasteiger partial charge in [-0.25, -0.2) is 0 Å². The average molecular weight is 289 g/mol. The van der Waals surface area contributed by atoms with Crippen LogP contribution in [0.2, 0.25) is 5.02 Å². The fourth-order valence-electron chi connectivity index (χ4n) is 2.43. The summed E-state index contributed by atoms with van der Waals surface area (Å²) in [6.07, 6.45) is 0.819. The van der Waals surface area contributed by atoms with Gasteiger partial charge in [-0.1, -0.05) is 29.8 Å². The highest BCUT2D eigenvalue weighted by Gasteiger charge is 2.13. The normalized spacial score (nSPS) is 12.2. The van der Waals surface area contributed by atoms with Crippen molar-refractivity contribution < 1.29 is 0 Å². The third-order valence-corrected chi connectivity index (χ3v) is 3.49. The van der Waals surface area contributed by atoms with Gasteiger partial charge in [-0.3, -0.25) is 0 Å². The number of benzene rings is 2. The number of anilines is 2. The third kappa shape index (κ3) is 3.53. The molecule has 0 aromatic heterocycles. The van der Waals surface area contributed by atoms with Crippen molar-refractivity contribution in [3.8, 4) is 0 Å². The molecular weight excluding hydrogens is 268 g/mol. The summed E-state index contributed by atoms with van der Waals surface area (Å²) in [5.41, 5.74) is 9.52. The Kier molecular flexibility index (Phi) is 5.05. The van der Waals surface area contributed by atoms with Gasteiger partial charge in [0.25, 0.3) is 0 Å². The second-order valence-corrected chi connectivity index (χ2v) is 5.47. The Labute approximate surface area is 126 Å². The van der Waals surface area contributed by atoms with Crippen LogP contribution in [0.3, 0.4) is 0 Å². The molecule has 1 unspecified atom stereocenters. The molecule has 0 aliphatic carbocycles. The van der Waals surface area contributed by atoms with Crippen molar-refractivity contribution in [2.75, 3.05) is 11.4 Å². The lowest BCUT2D eigenvalue weighted by atomic mass is 10.0. The van der Waals surface area contributed by atoms with Crippen molar-refractivity contribution in [1.82, 2.24) is 0 Å². The molecule has 2 aromatic carbocycles.